The predicted octanol–water partition coefficient (Wildman–Crippen LogP) is 3.46. The Balaban J connectivity index is 2.31. The molecule has 132 valence electrons. The summed E-state index contributed by atoms with van der Waals surface area (Å²) in [5.74, 6) is -1.86. The largest absolute Gasteiger partial charge is 0.481 e. The SMILES string of the molecule is COC(=O)c1cc2ccccc2cc1NC(=O)CC(C)(C)CC(=O)O. The molecule has 2 aromatic carbocycles. The van der Waals surface area contributed by atoms with Crippen molar-refractivity contribution in [3.05, 3.63) is 42.0 Å². The first-order valence-electron chi connectivity index (χ1n) is 7.84. The van der Waals surface area contributed by atoms with Gasteiger partial charge in [-0.3, -0.25) is 9.59 Å². The number of carboxylic acid groups (broad SMARTS) is 1. The molecule has 0 aromatic heterocycles. The highest BCUT2D eigenvalue weighted by Crippen LogP contribution is 2.28. The molecule has 0 fully saturated rings. The molecule has 0 radical (unpaired) electrons. The molecule has 0 aliphatic rings. The van der Waals surface area contributed by atoms with Crippen molar-refractivity contribution >= 4 is 34.3 Å². The minimum atomic E-state index is -0.959. The summed E-state index contributed by atoms with van der Waals surface area (Å²) < 4.78 is 4.79. The average molecular weight is 343 g/mol. The zero-order valence-electron chi connectivity index (χ0n) is 14.5. The highest BCUT2D eigenvalue weighted by Gasteiger charge is 2.26. The summed E-state index contributed by atoms with van der Waals surface area (Å²) in [5, 5.41) is 13.4. The molecular weight excluding hydrogens is 322 g/mol. The Labute approximate surface area is 145 Å². The van der Waals surface area contributed by atoms with E-state index in [9.17, 15) is 14.4 Å². The van der Waals surface area contributed by atoms with E-state index >= 15 is 0 Å². The van der Waals surface area contributed by atoms with Crippen molar-refractivity contribution in [2.24, 2.45) is 5.41 Å². The van der Waals surface area contributed by atoms with Crippen molar-refractivity contribution in [2.75, 3.05) is 12.4 Å². The van der Waals surface area contributed by atoms with Crippen LogP contribution in [0.25, 0.3) is 10.8 Å². The fourth-order valence-electron chi connectivity index (χ4n) is 2.72. The predicted molar refractivity (Wildman–Crippen MR) is 94.6 cm³/mol. The fraction of sp³-hybridized carbons (Fsp3) is 0.316. The van der Waals surface area contributed by atoms with Gasteiger partial charge in [0.2, 0.25) is 5.91 Å². The highest BCUT2D eigenvalue weighted by atomic mass is 16.5. The van der Waals surface area contributed by atoms with Gasteiger partial charge < -0.3 is 15.2 Å². The molecule has 1 amide bonds. The van der Waals surface area contributed by atoms with Gasteiger partial charge in [-0.05, 0) is 28.3 Å². The minimum Gasteiger partial charge on any atom is -0.481 e. The van der Waals surface area contributed by atoms with Crippen LogP contribution in [0.3, 0.4) is 0 Å². The van der Waals surface area contributed by atoms with Crippen molar-refractivity contribution in [2.45, 2.75) is 26.7 Å². The Bertz CT molecular complexity index is 826. The van der Waals surface area contributed by atoms with E-state index in [1.807, 2.05) is 24.3 Å². The molecule has 0 unspecified atom stereocenters. The number of fused-ring (bicyclic) bond motifs is 1. The molecular formula is C19H21NO5. The molecule has 2 aromatic rings. The lowest BCUT2D eigenvalue weighted by Gasteiger charge is -2.22. The van der Waals surface area contributed by atoms with Crippen LogP contribution in [-0.2, 0) is 14.3 Å². The van der Waals surface area contributed by atoms with Crippen molar-refractivity contribution in [3.8, 4) is 0 Å². The van der Waals surface area contributed by atoms with E-state index in [1.165, 1.54) is 7.11 Å². The van der Waals surface area contributed by atoms with Crippen molar-refractivity contribution in [1.29, 1.82) is 0 Å². The first kappa shape index (κ1) is 18.4. The number of benzene rings is 2. The van der Waals surface area contributed by atoms with E-state index in [-0.39, 0.29) is 24.3 Å². The zero-order valence-corrected chi connectivity index (χ0v) is 14.5. The van der Waals surface area contributed by atoms with E-state index in [1.54, 1.807) is 26.0 Å². The van der Waals surface area contributed by atoms with Crippen LogP contribution >= 0.6 is 0 Å². The summed E-state index contributed by atoms with van der Waals surface area (Å²) in [7, 11) is 1.28. The number of carbonyl (C=O) groups excluding carboxylic acids is 2. The molecule has 0 aliphatic heterocycles. The second kappa shape index (κ2) is 7.34. The number of esters is 1. The first-order valence-corrected chi connectivity index (χ1v) is 7.84. The number of amides is 1. The van der Waals surface area contributed by atoms with Gasteiger partial charge in [0.15, 0.2) is 0 Å². The Morgan fingerprint density at radius 1 is 1.08 bits per heavy atom. The Kier molecular flexibility index (Phi) is 5.41. The van der Waals surface area contributed by atoms with Crippen LogP contribution in [0.4, 0.5) is 5.69 Å². The smallest absolute Gasteiger partial charge is 0.339 e. The monoisotopic (exact) mass is 343 g/mol. The molecule has 0 saturated heterocycles. The summed E-state index contributed by atoms with van der Waals surface area (Å²) in [5.41, 5.74) is -0.0923. The first-order chi connectivity index (χ1) is 11.7. The van der Waals surface area contributed by atoms with Crippen LogP contribution in [0.1, 0.15) is 37.0 Å². The number of carbonyl (C=O) groups is 3. The summed E-state index contributed by atoms with van der Waals surface area (Å²) in [6.45, 7) is 3.42. The number of ether oxygens (including phenoxy) is 1. The van der Waals surface area contributed by atoms with Crippen molar-refractivity contribution in [3.63, 3.8) is 0 Å². The molecule has 2 rings (SSSR count). The molecule has 0 bridgehead atoms. The maximum absolute atomic E-state index is 12.4. The number of hydrogen-bond acceptors (Lipinski definition) is 4. The van der Waals surface area contributed by atoms with Gasteiger partial charge in [0.05, 0.1) is 24.8 Å². The van der Waals surface area contributed by atoms with Gasteiger partial charge in [0.25, 0.3) is 0 Å². The van der Waals surface area contributed by atoms with Gasteiger partial charge >= 0.3 is 11.9 Å². The summed E-state index contributed by atoms with van der Waals surface area (Å²) in [4.78, 5) is 35.3. The number of methoxy groups -OCH3 is 1. The fourth-order valence-corrected chi connectivity index (χ4v) is 2.72. The number of carboxylic acids is 1. The van der Waals surface area contributed by atoms with Crippen LogP contribution in [0.2, 0.25) is 0 Å². The van der Waals surface area contributed by atoms with E-state index in [0.29, 0.717) is 5.69 Å². The Morgan fingerprint density at radius 3 is 2.24 bits per heavy atom. The third-order valence-electron chi connectivity index (χ3n) is 3.83. The zero-order chi connectivity index (χ0) is 18.6. The van der Waals surface area contributed by atoms with Crippen LogP contribution in [0.15, 0.2) is 36.4 Å². The third-order valence-corrected chi connectivity index (χ3v) is 3.83. The Morgan fingerprint density at radius 2 is 1.68 bits per heavy atom. The van der Waals surface area contributed by atoms with Crippen LogP contribution in [-0.4, -0.2) is 30.1 Å². The second-order valence-corrected chi connectivity index (χ2v) is 6.70. The number of anilines is 1. The van der Waals surface area contributed by atoms with E-state index in [0.717, 1.165) is 10.8 Å². The number of aliphatic carboxylic acids is 1. The van der Waals surface area contributed by atoms with Gasteiger partial charge in [-0.15, -0.1) is 0 Å². The molecule has 0 saturated carbocycles. The standard InChI is InChI=1S/C19H21NO5/c1-19(2,11-17(22)23)10-16(21)20-15-9-13-7-5-4-6-12(13)8-14(15)18(24)25-3/h4-9H,10-11H2,1-3H3,(H,20,21)(H,22,23). The topological polar surface area (TPSA) is 92.7 Å². The summed E-state index contributed by atoms with van der Waals surface area (Å²) >= 11 is 0. The van der Waals surface area contributed by atoms with Gasteiger partial charge in [-0.1, -0.05) is 38.1 Å². The molecule has 0 aliphatic carbocycles. The number of rotatable bonds is 6. The quantitative estimate of drug-likeness (QED) is 0.784. The average Bonchev–Trinajstić information content (AvgIpc) is 2.51. The molecule has 0 spiro atoms. The lowest BCUT2D eigenvalue weighted by atomic mass is 9.85. The van der Waals surface area contributed by atoms with E-state index < -0.39 is 17.4 Å². The summed E-state index contributed by atoms with van der Waals surface area (Å²) in [6, 6.07) is 10.8. The van der Waals surface area contributed by atoms with E-state index in [4.69, 9.17) is 9.84 Å². The minimum absolute atomic E-state index is 0.0206. The molecule has 25 heavy (non-hydrogen) atoms. The number of nitrogens with one attached hydrogen (secondary N) is 1. The maximum atomic E-state index is 12.4. The molecule has 0 atom stereocenters. The summed E-state index contributed by atoms with van der Waals surface area (Å²) in [6.07, 6.45) is -0.102. The van der Waals surface area contributed by atoms with E-state index in [2.05, 4.69) is 5.32 Å². The van der Waals surface area contributed by atoms with Gasteiger partial charge in [-0.2, -0.15) is 0 Å². The van der Waals surface area contributed by atoms with Crippen molar-refractivity contribution < 1.29 is 24.2 Å². The van der Waals surface area contributed by atoms with Gasteiger partial charge in [-0.25, -0.2) is 4.79 Å². The molecule has 6 heteroatoms. The van der Waals surface area contributed by atoms with Crippen LogP contribution in [0.5, 0.6) is 0 Å². The van der Waals surface area contributed by atoms with Crippen LogP contribution < -0.4 is 5.32 Å². The molecule has 2 N–H and O–H groups in total. The Hall–Kier alpha value is -2.89. The lowest BCUT2D eigenvalue weighted by Crippen LogP contribution is -2.25. The van der Waals surface area contributed by atoms with Gasteiger partial charge in [0, 0.05) is 6.42 Å². The van der Waals surface area contributed by atoms with Crippen LogP contribution in [0, 0.1) is 5.41 Å². The highest BCUT2D eigenvalue weighted by molar-refractivity contribution is 6.05. The second-order valence-electron chi connectivity index (χ2n) is 6.70. The maximum Gasteiger partial charge on any atom is 0.339 e. The molecule has 0 heterocycles. The third kappa shape index (κ3) is 4.79. The van der Waals surface area contributed by atoms with Gasteiger partial charge in [0.1, 0.15) is 0 Å². The number of hydrogen-bond donors (Lipinski definition) is 2. The molecule has 6 nitrogen and oxygen atoms in total. The normalized spacial score (nSPS) is 11.2. The lowest BCUT2D eigenvalue weighted by molar-refractivity contribution is -0.139. The van der Waals surface area contributed by atoms with Crippen molar-refractivity contribution in [1.82, 2.24) is 0 Å².